The Hall–Kier alpha value is -1.13. The van der Waals surface area contributed by atoms with Crippen molar-refractivity contribution in [2.45, 2.75) is 18.3 Å². The topological polar surface area (TPSA) is 41.1 Å². The van der Waals surface area contributed by atoms with E-state index in [0.29, 0.717) is 5.43 Å². The van der Waals surface area contributed by atoms with Crippen LogP contribution in [0.4, 0.5) is 35.1 Å². The van der Waals surface area contributed by atoms with Crippen LogP contribution in [0, 0.1) is 0 Å². The van der Waals surface area contributed by atoms with E-state index in [-0.39, 0.29) is 0 Å². The second-order valence-corrected chi connectivity index (χ2v) is 2.50. The molecule has 0 fully saturated rings. The summed E-state index contributed by atoms with van der Waals surface area (Å²) >= 11 is 0. The second kappa shape index (κ2) is 4.39. The molecule has 11 heteroatoms. The molecular weight excluding hydrogens is 256 g/mol. The maximum Gasteiger partial charge on any atom is 0.463 e. The van der Waals surface area contributed by atoms with Gasteiger partial charge >= 0.3 is 24.2 Å². The van der Waals surface area contributed by atoms with Crippen molar-refractivity contribution in [2.75, 3.05) is 6.54 Å². The molecule has 3 nitrogen and oxygen atoms in total. The third-order valence-electron chi connectivity index (χ3n) is 1.13. The maximum atomic E-state index is 12.1. The highest BCUT2D eigenvalue weighted by Gasteiger charge is 2.63. The summed E-state index contributed by atoms with van der Waals surface area (Å²) < 4.78 is 92.9. The summed E-state index contributed by atoms with van der Waals surface area (Å²) in [6.07, 6.45) is -11.0. The molecule has 2 N–H and O–H groups in total. The number of alkyl halides is 8. The number of halogens is 8. The molecule has 0 atom stereocenters. The molecule has 0 aliphatic heterocycles. The normalized spacial score (nSPS) is 13.8. The average molecular weight is 260 g/mol. The molecule has 0 saturated heterocycles. The van der Waals surface area contributed by atoms with E-state index in [2.05, 4.69) is 0 Å². The number of rotatable bonds is 3. The molecule has 0 bridgehead atoms. The van der Waals surface area contributed by atoms with E-state index >= 15 is 0 Å². The number of amides is 1. The van der Waals surface area contributed by atoms with E-state index in [4.69, 9.17) is 0 Å². The molecule has 0 radical (unpaired) electrons. The zero-order valence-corrected chi connectivity index (χ0v) is 7.14. The van der Waals surface area contributed by atoms with Gasteiger partial charge in [-0.3, -0.25) is 10.2 Å². The number of hydrazine groups is 1. The lowest BCUT2D eigenvalue weighted by Gasteiger charge is -2.19. The monoisotopic (exact) mass is 260 g/mol. The van der Waals surface area contributed by atoms with Crippen molar-refractivity contribution < 1.29 is 39.9 Å². The fraction of sp³-hybridized carbons (Fsp3) is 0.800. The molecule has 0 rings (SSSR count). The fourth-order valence-electron chi connectivity index (χ4n) is 0.432. The van der Waals surface area contributed by atoms with Crippen LogP contribution in [0.1, 0.15) is 0 Å². The smallest absolute Gasteiger partial charge is 0.286 e. The molecule has 0 spiro atoms. The molecule has 16 heavy (non-hydrogen) atoms. The SMILES string of the molecule is O=C(NNCC(F)(F)F)C(F)(F)C(F)(F)F. The lowest BCUT2D eigenvalue weighted by atomic mass is 10.3. The first kappa shape index (κ1) is 14.9. The Morgan fingerprint density at radius 1 is 0.938 bits per heavy atom. The first-order valence-corrected chi connectivity index (χ1v) is 3.42. The highest BCUT2D eigenvalue weighted by Crippen LogP contribution is 2.35. The fourth-order valence-corrected chi connectivity index (χ4v) is 0.432. The minimum atomic E-state index is -6.17. The van der Waals surface area contributed by atoms with Gasteiger partial charge in [0.2, 0.25) is 0 Å². The summed E-state index contributed by atoms with van der Waals surface area (Å²) in [7, 11) is 0. The molecule has 0 aromatic rings. The predicted octanol–water partition coefficient (Wildman–Crippen LogP) is 1.37. The number of carbonyl (C=O) groups excluding carboxylic acids is 1. The Bertz CT molecular complexity index is 256. The Morgan fingerprint density at radius 3 is 1.69 bits per heavy atom. The van der Waals surface area contributed by atoms with Crippen molar-refractivity contribution in [3.05, 3.63) is 0 Å². The molecule has 0 aliphatic rings. The molecule has 96 valence electrons. The third kappa shape index (κ3) is 4.16. The Balaban J connectivity index is 4.28. The van der Waals surface area contributed by atoms with Crippen LogP contribution in [0.15, 0.2) is 0 Å². The van der Waals surface area contributed by atoms with Crippen LogP contribution in [0.5, 0.6) is 0 Å². The number of carbonyl (C=O) groups is 1. The molecular formula is C5H4F8N2O. The first-order chi connectivity index (χ1) is 6.88. The van der Waals surface area contributed by atoms with Crippen LogP contribution in [-0.2, 0) is 4.79 Å². The molecule has 1 amide bonds. The van der Waals surface area contributed by atoms with Crippen molar-refractivity contribution in [2.24, 2.45) is 0 Å². The molecule has 0 aliphatic carbocycles. The van der Waals surface area contributed by atoms with Gasteiger partial charge in [-0.15, -0.1) is 0 Å². The van der Waals surface area contributed by atoms with E-state index in [1.165, 1.54) is 0 Å². The van der Waals surface area contributed by atoms with Crippen LogP contribution < -0.4 is 10.9 Å². The first-order valence-electron chi connectivity index (χ1n) is 3.42. The lowest BCUT2D eigenvalue weighted by molar-refractivity contribution is -0.270. The summed E-state index contributed by atoms with van der Waals surface area (Å²) in [5.41, 5.74) is 1.51. The summed E-state index contributed by atoms with van der Waals surface area (Å²) in [5.74, 6) is -8.67. The Kier molecular flexibility index (Phi) is 4.08. The third-order valence-corrected chi connectivity index (χ3v) is 1.13. The molecule has 0 heterocycles. The standard InChI is InChI=1S/C5H4F8N2O/c6-3(7,8)1-14-15-2(16)4(9,10)5(11,12)13/h14H,1H2,(H,15,16). The predicted molar refractivity (Wildman–Crippen MR) is 33.2 cm³/mol. The second-order valence-electron chi connectivity index (χ2n) is 2.50. The quantitative estimate of drug-likeness (QED) is 0.594. The van der Waals surface area contributed by atoms with Crippen LogP contribution in [-0.4, -0.2) is 30.7 Å². The van der Waals surface area contributed by atoms with Gasteiger partial charge < -0.3 is 0 Å². The minimum absolute atomic E-state index is 0.607. The number of hydrogen-bond acceptors (Lipinski definition) is 2. The van der Waals surface area contributed by atoms with Crippen LogP contribution >= 0.6 is 0 Å². The van der Waals surface area contributed by atoms with Crippen molar-refractivity contribution >= 4 is 5.91 Å². The lowest BCUT2D eigenvalue weighted by Crippen LogP contribution is -2.55. The van der Waals surface area contributed by atoms with Crippen molar-refractivity contribution in [1.29, 1.82) is 0 Å². The van der Waals surface area contributed by atoms with Gasteiger partial charge in [0.15, 0.2) is 0 Å². The van der Waals surface area contributed by atoms with Gasteiger partial charge in [0.05, 0.1) is 0 Å². The minimum Gasteiger partial charge on any atom is -0.286 e. The van der Waals surface area contributed by atoms with Gasteiger partial charge in [0.1, 0.15) is 6.54 Å². The van der Waals surface area contributed by atoms with Crippen LogP contribution in [0.25, 0.3) is 0 Å². The molecule has 0 unspecified atom stereocenters. The van der Waals surface area contributed by atoms with Gasteiger partial charge in [0, 0.05) is 0 Å². The van der Waals surface area contributed by atoms with Crippen LogP contribution in [0.3, 0.4) is 0 Å². The van der Waals surface area contributed by atoms with Gasteiger partial charge in [0.25, 0.3) is 0 Å². The van der Waals surface area contributed by atoms with Gasteiger partial charge in [-0.2, -0.15) is 35.1 Å². The van der Waals surface area contributed by atoms with Gasteiger partial charge in [-0.1, -0.05) is 0 Å². The van der Waals surface area contributed by atoms with E-state index in [9.17, 15) is 39.9 Å². The summed E-state index contributed by atoms with van der Waals surface area (Å²) in [6.45, 7) is -1.94. The van der Waals surface area contributed by atoms with E-state index in [1.807, 2.05) is 0 Å². The summed E-state index contributed by atoms with van der Waals surface area (Å²) in [5, 5.41) is 0. The largest absolute Gasteiger partial charge is 0.463 e. The van der Waals surface area contributed by atoms with Crippen molar-refractivity contribution in [3.63, 3.8) is 0 Å². The molecule has 0 saturated carbocycles. The zero-order valence-electron chi connectivity index (χ0n) is 7.14. The molecule has 0 aromatic heterocycles. The van der Waals surface area contributed by atoms with E-state index < -0.39 is 30.7 Å². The van der Waals surface area contributed by atoms with E-state index in [0.717, 1.165) is 5.43 Å². The van der Waals surface area contributed by atoms with Gasteiger partial charge in [-0.25, -0.2) is 5.43 Å². The Morgan fingerprint density at radius 2 is 1.38 bits per heavy atom. The molecule has 0 aromatic carbocycles. The summed E-state index contributed by atoms with van der Waals surface area (Å²) in [4.78, 5) is 10.2. The highest BCUT2D eigenvalue weighted by molar-refractivity contribution is 5.83. The Labute approximate surface area is 82.8 Å². The number of hydrogen-bond donors (Lipinski definition) is 2. The van der Waals surface area contributed by atoms with E-state index in [1.54, 1.807) is 0 Å². The van der Waals surface area contributed by atoms with Crippen molar-refractivity contribution in [3.8, 4) is 0 Å². The number of nitrogens with one attached hydrogen (secondary N) is 2. The van der Waals surface area contributed by atoms with Crippen molar-refractivity contribution in [1.82, 2.24) is 10.9 Å². The highest BCUT2D eigenvalue weighted by atomic mass is 19.4. The maximum absolute atomic E-state index is 12.1. The zero-order chi connectivity index (χ0) is 13.2. The van der Waals surface area contributed by atoms with Crippen LogP contribution in [0.2, 0.25) is 0 Å². The van der Waals surface area contributed by atoms with Gasteiger partial charge in [-0.05, 0) is 0 Å². The summed E-state index contributed by atoms with van der Waals surface area (Å²) in [6, 6.07) is 0. The average Bonchev–Trinajstić information content (AvgIpc) is 1.99.